The molecule has 0 aliphatic heterocycles. The topological polar surface area (TPSA) is 29.5 Å². The first-order valence-corrected chi connectivity index (χ1v) is 7.56. The van der Waals surface area contributed by atoms with Crippen LogP contribution >= 0.6 is 0 Å². The molecule has 1 saturated carbocycles. The van der Waals surface area contributed by atoms with E-state index in [9.17, 15) is 5.11 Å². The molecule has 3 rings (SSSR count). The minimum absolute atomic E-state index is 0.286. The number of hydrogen-bond donors (Lipinski definition) is 1. The molecule has 0 aromatic heterocycles. The van der Waals surface area contributed by atoms with Crippen molar-refractivity contribution in [2.24, 2.45) is 17.8 Å². The van der Waals surface area contributed by atoms with Crippen LogP contribution < -0.4 is 4.74 Å². The van der Waals surface area contributed by atoms with Crippen LogP contribution in [0.2, 0.25) is 0 Å². The molecule has 0 amide bonds. The van der Waals surface area contributed by atoms with Crippen LogP contribution in [0.3, 0.4) is 0 Å². The summed E-state index contributed by atoms with van der Waals surface area (Å²) < 4.78 is 5.24. The Hall–Kier alpha value is -1.18. The van der Waals surface area contributed by atoms with Crippen molar-refractivity contribution < 1.29 is 9.84 Å². The lowest BCUT2D eigenvalue weighted by atomic mass is 9.76. The molecule has 2 heteroatoms. The average molecular weight is 260 g/mol. The van der Waals surface area contributed by atoms with Gasteiger partial charge in [-0.15, -0.1) is 0 Å². The maximum atomic E-state index is 9.85. The summed E-state index contributed by atoms with van der Waals surface area (Å²) in [5, 5.41) is 9.85. The highest BCUT2D eigenvalue weighted by molar-refractivity contribution is 5.47. The van der Waals surface area contributed by atoms with Crippen LogP contribution in [0.1, 0.15) is 43.7 Å². The maximum absolute atomic E-state index is 9.85. The highest BCUT2D eigenvalue weighted by atomic mass is 16.5. The van der Waals surface area contributed by atoms with Crippen molar-refractivity contribution in [2.45, 2.75) is 45.4 Å². The zero-order chi connectivity index (χ0) is 13.4. The zero-order valence-corrected chi connectivity index (χ0v) is 12.0. The van der Waals surface area contributed by atoms with Crippen LogP contribution in [0.25, 0.3) is 0 Å². The molecule has 3 atom stereocenters. The third-order valence-electron chi connectivity index (χ3n) is 5.17. The molecule has 0 saturated heterocycles. The fourth-order valence-electron chi connectivity index (χ4n) is 4.05. The second-order valence-electron chi connectivity index (χ2n) is 6.47. The van der Waals surface area contributed by atoms with Gasteiger partial charge in [-0.3, -0.25) is 0 Å². The van der Waals surface area contributed by atoms with Crippen LogP contribution in [-0.2, 0) is 12.8 Å². The van der Waals surface area contributed by atoms with Crippen molar-refractivity contribution in [1.82, 2.24) is 0 Å². The summed E-state index contributed by atoms with van der Waals surface area (Å²) >= 11 is 0. The number of aryl methyl sites for hydroxylation is 1. The van der Waals surface area contributed by atoms with Gasteiger partial charge in [0, 0.05) is 0 Å². The van der Waals surface area contributed by atoms with Gasteiger partial charge in [0.15, 0.2) is 11.5 Å². The van der Waals surface area contributed by atoms with Crippen LogP contribution in [0.4, 0.5) is 0 Å². The molecule has 3 unspecified atom stereocenters. The summed E-state index contributed by atoms with van der Waals surface area (Å²) in [5.41, 5.74) is 2.71. The van der Waals surface area contributed by atoms with Crippen LogP contribution in [0.15, 0.2) is 12.1 Å². The van der Waals surface area contributed by atoms with E-state index >= 15 is 0 Å². The summed E-state index contributed by atoms with van der Waals surface area (Å²) in [7, 11) is 1.63. The van der Waals surface area contributed by atoms with Gasteiger partial charge in [-0.05, 0) is 73.1 Å². The lowest BCUT2D eigenvalue weighted by molar-refractivity contribution is 0.296. The van der Waals surface area contributed by atoms with Crippen molar-refractivity contribution in [1.29, 1.82) is 0 Å². The van der Waals surface area contributed by atoms with Crippen LogP contribution in [0.5, 0.6) is 11.5 Å². The highest BCUT2D eigenvalue weighted by Gasteiger charge is 2.31. The van der Waals surface area contributed by atoms with Gasteiger partial charge in [0.2, 0.25) is 0 Å². The molecular weight excluding hydrogens is 236 g/mol. The minimum Gasteiger partial charge on any atom is -0.504 e. The number of phenols is 1. The van der Waals surface area contributed by atoms with E-state index in [-0.39, 0.29) is 5.75 Å². The molecule has 1 aromatic carbocycles. The van der Waals surface area contributed by atoms with Gasteiger partial charge < -0.3 is 9.84 Å². The van der Waals surface area contributed by atoms with Gasteiger partial charge in [-0.1, -0.05) is 13.3 Å². The molecule has 0 bridgehead atoms. The van der Waals surface area contributed by atoms with E-state index in [0.717, 1.165) is 24.2 Å². The molecule has 1 fully saturated rings. The molecule has 19 heavy (non-hydrogen) atoms. The van der Waals surface area contributed by atoms with E-state index in [0.29, 0.717) is 5.75 Å². The monoisotopic (exact) mass is 260 g/mol. The second-order valence-corrected chi connectivity index (χ2v) is 6.47. The van der Waals surface area contributed by atoms with Crippen LogP contribution in [0, 0.1) is 17.8 Å². The van der Waals surface area contributed by atoms with Gasteiger partial charge in [-0.2, -0.15) is 0 Å². The quantitative estimate of drug-likeness (QED) is 0.872. The van der Waals surface area contributed by atoms with E-state index in [1.54, 1.807) is 7.11 Å². The number of aromatic hydroxyl groups is 1. The first kappa shape index (κ1) is 12.8. The van der Waals surface area contributed by atoms with Gasteiger partial charge in [0.25, 0.3) is 0 Å². The lowest BCUT2D eigenvalue weighted by Gasteiger charge is -2.30. The van der Waals surface area contributed by atoms with E-state index < -0.39 is 0 Å². The smallest absolute Gasteiger partial charge is 0.160 e. The third-order valence-corrected chi connectivity index (χ3v) is 5.17. The molecule has 2 aliphatic carbocycles. The number of methoxy groups -OCH3 is 1. The fraction of sp³-hybridized carbons (Fsp3) is 0.647. The van der Waals surface area contributed by atoms with Crippen molar-refractivity contribution in [3.05, 3.63) is 23.3 Å². The average Bonchev–Trinajstić information content (AvgIpc) is 2.84. The van der Waals surface area contributed by atoms with E-state index in [1.165, 1.54) is 43.2 Å². The lowest BCUT2D eigenvalue weighted by Crippen LogP contribution is -2.21. The van der Waals surface area contributed by atoms with Gasteiger partial charge in [0.05, 0.1) is 7.11 Å². The summed E-state index contributed by atoms with van der Waals surface area (Å²) in [6, 6.07) is 3.96. The molecule has 1 aromatic rings. The van der Waals surface area contributed by atoms with Gasteiger partial charge >= 0.3 is 0 Å². The summed E-state index contributed by atoms with van der Waals surface area (Å²) in [6.45, 7) is 2.39. The summed E-state index contributed by atoms with van der Waals surface area (Å²) in [4.78, 5) is 0. The van der Waals surface area contributed by atoms with Gasteiger partial charge in [0.1, 0.15) is 0 Å². The Balaban J connectivity index is 1.79. The largest absolute Gasteiger partial charge is 0.504 e. The number of rotatable bonds is 2. The van der Waals surface area contributed by atoms with E-state index in [4.69, 9.17) is 4.74 Å². The van der Waals surface area contributed by atoms with E-state index in [1.807, 2.05) is 6.07 Å². The Morgan fingerprint density at radius 3 is 2.63 bits per heavy atom. The predicted molar refractivity (Wildman–Crippen MR) is 76.7 cm³/mol. The maximum Gasteiger partial charge on any atom is 0.160 e. The Morgan fingerprint density at radius 1 is 1.11 bits per heavy atom. The number of benzene rings is 1. The third kappa shape index (κ3) is 2.45. The molecule has 2 aliphatic rings. The second kappa shape index (κ2) is 5.07. The normalized spacial score (nSPS) is 30.1. The molecule has 104 valence electrons. The van der Waals surface area contributed by atoms with Crippen LogP contribution in [-0.4, -0.2) is 12.2 Å². The Labute approximate surface area is 115 Å². The predicted octanol–water partition coefficient (Wildman–Crippen LogP) is 3.94. The molecular formula is C17H24O2. The minimum atomic E-state index is 0.286. The molecule has 0 radical (unpaired) electrons. The standard InChI is InChI=1S/C17H24O2/c1-11-3-4-12(7-11)13-5-6-14-9-16(18)17(19-2)10-15(14)8-13/h9-13,18H,3-8H2,1-2H3. The van der Waals surface area contributed by atoms with Crippen molar-refractivity contribution in [3.63, 3.8) is 0 Å². The van der Waals surface area contributed by atoms with Gasteiger partial charge in [-0.25, -0.2) is 0 Å². The molecule has 0 heterocycles. The Kier molecular flexibility index (Phi) is 3.42. The number of hydrogen-bond acceptors (Lipinski definition) is 2. The summed E-state index contributed by atoms with van der Waals surface area (Å²) in [5.74, 6) is 3.59. The molecule has 1 N–H and O–H groups in total. The molecule has 2 nitrogen and oxygen atoms in total. The SMILES string of the molecule is COc1cc2c(cc1O)CCC(C1CCC(C)C1)C2. The summed E-state index contributed by atoms with van der Waals surface area (Å²) in [6.07, 6.45) is 7.81. The Morgan fingerprint density at radius 2 is 1.95 bits per heavy atom. The highest BCUT2D eigenvalue weighted by Crippen LogP contribution is 2.42. The fourth-order valence-corrected chi connectivity index (χ4v) is 4.05. The first-order valence-electron chi connectivity index (χ1n) is 7.56. The number of ether oxygens (including phenoxy) is 1. The van der Waals surface area contributed by atoms with E-state index in [2.05, 4.69) is 13.0 Å². The van der Waals surface area contributed by atoms with Crippen molar-refractivity contribution in [2.75, 3.05) is 7.11 Å². The number of fused-ring (bicyclic) bond motifs is 1. The zero-order valence-electron chi connectivity index (χ0n) is 12.0. The number of phenolic OH excluding ortho intramolecular Hbond substituents is 1. The first-order chi connectivity index (χ1) is 9.17. The Bertz CT molecular complexity index is 467. The molecule has 0 spiro atoms. The van der Waals surface area contributed by atoms with Crippen molar-refractivity contribution >= 4 is 0 Å². The van der Waals surface area contributed by atoms with Crippen molar-refractivity contribution in [3.8, 4) is 11.5 Å².